The largest absolute Gasteiger partial charge is 0.365 e. The van der Waals surface area contributed by atoms with E-state index in [1.807, 2.05) is 0 Å². The Balaban J connectivity index is 1.34. The predicted octanol–water partition coefficient (Wildman–Crippen LogP) is 3.33. The van der Waals surface area contributed by atoms with Crippen molar-refractivity contribution in [3.8, 4) is 0 Å². The maximum Gasteiger partial charge on any atom is 0.224 e. The Bertz CT molecular complexity index is 667. The molecule has 2 aromatic rings. The molecule has 1 aromatic carbocycles. The van der Waals surface area contributed by atoms with Gasteiger partial charge in [-0.05, 0) is 29.0 Å². The molecule has 22 heavy (non-hydrogen) atoms. The van der Waals surface area contributed by atoms with Gasteiger partial charge in [0.15, 0.2) is 0 Å². The van der Waals surface area contributed by atoms with Gasteiger partial charge in [0.25, 0.3) is 0 Å². The number of likely N-dealkylation sites (tertiary alicyclic amines) is 1. The highest BCUT2D eigenvalue weighted by Crippen LogP contribution is 2.47. The molecule has 4 rings (SSSR count). The van der Waals surface area contributed by atoms with Gasteiger partial charge in [0.05, 0.1) is 6.20 Å². The topological polar surface area (TPSA) is 41.1 Å². The van der Waals surface area contributed by atoms with Crippen LogP contribution in [0.25, 0.3) is 0 Å². The highest BCUT2D eigenvalue weighted by Gasteiger charge is 2.55. The number of hydrogen-bond donors (Lipinski definition) is 1. The molecule has 1 N–H and O–H groups in total. The molecule has 0 bridgehead atoms. The monoisotopic (exact) mass is 334 g/mol. The molecule has 1 aromatic heterocycles. The fraction of sp³-hybridized carbons (Fsp3) is 0.375. The van der Waals surface area contributed by atoms with E-state index in [0.29, 0.717) is 28.7 Å². The van der Waals surface area contributed by atoms with E-state index in [1.165, 1.54) is 5.56 Å². The number of aromatic nitrogens is 2. The van der Waals surface area contributed by atoms with E-state index in [2.05, 4.69) is 50.5 Å². The van der Waals surface area contributed by atoms with Crippen LogP contribution in [0, 0.1) is 11.8 Å². The van der Waals surface area contributed by atoms with Gasteiger partial charge >= 0.3 is 0 Å². The number of nitrogens with one attached hydrogen (secondary N) is 1. The highest BCUT2D eigenvalue weighted by molar-refractivity contribution is 6.33. The maximum absolute atomic E-state index is 6.10. The average Bonchev–Trinajstić information content (AvgIpc) is 2.96. The number of rotatable bonds is 4. The highest BCUT2D eigenvalue weighted by atomic mass is 35.5. The maximum atomic E-state index is 6.10. The summed E-state index contributed by atoms with van der Waals surface area (Å²) in [7, 11) is 0. The van der Waals surface area contributed by atoms with Crippen molar-refractivity contribution in [1.82, 2.24) is 14.9 Å². The molecule has 2 heterocycles. The zero-order chi connectivity index (χ0) is 15.1. The number of benzene rings is 1. The molecule has 0 spiro atoms. The first-order chi connectivity index (χ1) is 10.7. The summed E-state index contributed by atoms with van der Waals surface area (Å²) < 4.78 is 0. The zero-order valence-electron chi connectivity index (χ0n) is 11.9. The molecule has 2 aliphatic rings. The quantitative estimate of drug-likeness (QED) is 0.871. The molecule has 2 fully saturated rings. The third-order valence-electron chi connectivity index (χ3n) is 4.54. The summed E-state index contributed by atoms with van der Waals surface area (Å²) in [6.45, 7) is 3.27. The van der Waals surface area contributed by atoms with Gasteiger partial charge in [-0.25, -0.2) is 4.98 Å². The number of anilines is 1. The minimum Gasteiger partial charge on any atom is -0.365 e. The van der Waals surface area contributed by atoms with Crippen LogP contribution in [0.2, 0.25) is 10.3 Å². The molecule has 0 radical (unpaired) electrons. The van der Waals surface area contributed by atoms with Crippen molar-refractivity contribution < 1.29 is 0 Å². The van der Waals surface area contributed by atoms with Crippen LogP contribution in [0.3, 0.4) is 0 Å². The number of piperidine rings is 1. The molecule has 1 aliphatic carbocycles. The van der Waals surface area contributed by atoms with Crippen LogP contribution in [-0.2, 0) is 6.54 Å². The van der Waals surface area contributed by atoms with E-state index >= 15 is 0 Å². The number of halogens is 2. The minimum atomic E-state index is 0.225. The van der Waals surface area contributed by atoms with Crippen molar-refractivity contribution in [2.75, 3.05) is 18.4 Å². The molecule has 2 unspecified atom stereocenters. The van der Waals surface area contributed by atoms with E-state index in [4.69, 9.17) is 23.2 Å². The first kappa shape index (κ1) is 14.2. The van der Waals surface area contributed by atoms with Crippen molar-refractivity contribution in [3.63, 3.8) is 0 Å². The van der Waals surface area contributed by atoms with Crippen molar-refractivity contribution in [1.29, 1.82) is 0 Å². The molecule has 1 saturated carbocycles. The van der Waals surface area contributed by atoms with Crippen molar-refractivity contribution in [2.24, 2.45) is 11.8 Å². The smallest absolute Gasteiger partial charge is 0.224 e. The summed E-state index contributed by atoms with van der Waals surface area (Å²) in [6, 6.07) is 11.1. The summed E-state index contributed by atoms with van der Waals surface area (Å²) in [5, 5.41) is 4.17. The van der Waals surface area contributed by atoms with Crippen LogP contribution in [0.5, 0.6) is 0 Å². The van der Waals surface area contributed by atoms with Gasteiger partial charge in [-0.2, -0.15) is 4.98 Å². The van der Waals surface area contributed by atoms with Gasteiger partial charge in [-0.15, -0.1) is 0 Å². The summed E-state index contributed by atoms with van der Waals surface area (Å²) in [6.07, 6.45) is 1.54. The van der Waals surface area contributed by atoms with Crippen molar-refractivity contribution >= 4 is 29.0 Å². The van der Waals surface area contributed by atoms with Crippen molar-refractivity contribution in [2.45, 2.75) is 12.6 Å². The summed E-state index contributed by atoms with van der Waals surface area (Å²) >= 11 is 11.9. The molecule has 4 nitrogen and oxygen atoms in total. The van der Waals surface area contributed by atoms with Crippen molar-refractivity contribution in [3.05, 3.63) is 52.4 Å². The molecule has 114 valence electrons. The molecule has 1 saturated heterocycles. The second kappa shape index (κ2) is 5.69. The third-order valence-corrected chi connectivity index (χ3v) is 5.00. The van der Waals surface area contributed by atoms with E-state index < -0.39 is 0 Å². The van der Waals surface area contributed by atoms with Gasteiger partial charge < -0.3 is 5.32 Å². The molecular weight excluding hydrogens is 319 g/mol. The SMILES string of the molecule is Clc1ncc(Cl)c(NC2C3CN(Cc4ccccc4)CC32)n1. The minimum absolute atomic E-state index is 0.225. The van der Waals surface area contributed by atoms with Crippen LogP contribution in [0.4, 0.5) is 5.82 Å². The second-order valence-corrected chi connectivity index (χ2v) is 6.76. The Kier molecular flexibility index (Phi) is 3.68. The number of hydrogen-bond acceptors (Lipinski definition) is 4. The normalized spacial score (nSPS) is 26.7. The summed E-state index contributed by atoms with van der Waals surface area (Å²) in [5.74, 6) is 2.00. The van der Waals surface area contributed by atoms with Crippen LogP contribution in [0.1, 0.15) is 5.56 Å². The zero-order valence-corrected chi connectivity index (χ0v) is 13.4. The fourth-order valence-corrected chi connectivity index (χ4v) is 3.68. The van der Waals surface area contributed by atoms with Gasteiger partial charge in [-0.1, -0.05) is 41.9 Å². The predicted molar refractivity (Wildman–Crippen MR) is 88.2 cm³/mol. The first-order valence-electron chi connectivity index (χ1n) is 7.41. The van der Waals surface area contributed by atoms with Crippen LogP contribution in [0.15, 0.2) is 36.5 Å². The fourth-order valence-electron chi connectivity index (χ4n) is 3.40. The Morgan fingerprint density at radius 3 is 2.59 bits per heavy atom. The van der Waals surface area contributed by atoms with Gasteiger partial charge in [0, 0.05) is 25.7 Å². The van der Waals surface area contributed by atoms with Crippen LogP contribution in [-0.4, -0.2) is 34.0 Å². The lowest BCUT2D eigenvalue weighted by Crippen LogP contribution is -2.27. The molecule has 6 heteroatoms. The average molecular weight is 335 g/mol. The van der Waals surface area contributed by atoms with Gasteiger partial charge in [0.2, 0.25) is 5.28 Å². The van der Waals surface area contributed by atoms with E-state index in [1.54, 1.807) is 6.20 Å². The number of nitrogens with zero attached hydrogens (tertiary/aromatic N) is 3. The molecule has 1 aliphatic heterocycles. The lowest BCUT2D eigenvalue weighted by atomic mass is 10.2. The molecule has 0 amide bonds. The molecular formula is C16H16Cl2N4. The van der Waals surface area contributed by atoms with E-state index in [9.17, 15) is 0 Å². The lowest BCUT2D eigenvalue weighted by molar-refractivity contribution is 0.292. The van der Waals surface area contributed by atoms with Gasteiger partial charge in [0.1, 0.15) is 10.8 Å². The number of fused-ring (bicyclic) bond motifs is 1. The van der Waals surface area contributed by atoms with Crippen LogP contribution >= 0.6 is 23.2 Å². The molecule has 2 atom stereocenters. The Hall–Kier alpha value is -1.36. The third kappa shape index (κ3) is 2.78. The second-order valence-electron chi connectivity index (χ2n) is 6.01. The summed E-state index contributed by atoms with van der Waals surface area (Å²) in [4.78, 5) is 10.5. The Morgan fingerprint density at radius 1 is 1.14 bits per heavy atom. The lowest BCUT2D eigenvalue weighted by Gasteiger charge is -2.20. The standard InChI is InChI=1S/C16H16Cl2N4/c17-13-6-19-16(18)21-15(13)20-14-11-8-22(9-12(11)14)7-10-4-2-1-3-5-10/h1-6,11-12,14H,7-9H2,(H,19,20,21). The van der Waals surface area contributed by atoms with E-state index in [-0.39, 0.29) is 5.28 Å². The van der Waals surface area contributed by atoms with Crippen LogP contribution < -0.4 is 5.32 Å². The summed E-state index contributed by atoms with van der Waals surface area (Å²) in [5.41, 5.74) is 1.37. The Labute approximate surface area is 139 Å². The van der Waals surface area contributed by atoms with E-state index in [0.717, 1.165) is 19.6 Å². The first-order valence-corrected chi connectivity index (χ1v) is 8.17. The van der Waals surface area contributed by atoms with Gasteiger partial charge in [-0.3, -0.25) is 4.90 Å². The Morgan fingerprint density at radius 2 is 1.86 bits per heavy atom.